The van der Waals surface area contributed by atoms with Crippen LogP contribution in [0, 0.1) is 0 Å². The van der Waals surface area contributed by atoms with Crippen molar-refractivity contribution in [2.45, 2.75) is 182 Å². The van der Waals surface area contributed by atoms with E-state index < -0.39 is 0 Å². The van der Waals surface area contributed by atoms with Gasteiger partial charge in [0.05, 0.1) is 26.4 Å². The number of unbranched alkanes of at least 4 members (excludes halogenated alkanes) is 20. The topological polar surface area (TPSA) is 93.9 Å². The molecule has 1 aromatic heterocycles. The van der Waals surface area contributed by atoms with E-state index in [0.29, 0.717) is 0 Å². The Labute approximate surface area is 526 Å². The number of fused-ring (bicyclic) bond motifs is 2. The minimum atomic E-state index is -0.302. The molecule has 0 unspecified atom stereocenters. The van der Waals surface area contributed by atoms with Gasteiger partial charge in [-0.25, -0.2) is 0 Å². The third-order valence-electron chi connectivity index (χ3n) is 16.2. The zero-order valence-electron chi connectivity index (χ0n) is 51.8. The molecule has 2 heterocycles. The molecule has 0 spiro atoms. The van der Waals surface area contributed by atoms with Gasteiger partial charge >= 0.3 is 303 Å². The molecule has 0 fully saturated rings. The number of aromatic nitrogens is 2. The molecular weight excluding hydrogens is 1190 g/mol. The number of rotatable bonds is 40. The average Bonchev–Trinajstić information content (AvgIpc) is 1.76. The van der Waals surface area contributed by atoms with Gasteiger partial charge in [-0.1, -0.05) is 156 Å². The molecule has 1 aliphatic rings. The molecule has 0 saturated carbocycles. The second kappa shape index (κ2) is 35.4. The first kappa shape index (κ1) is 64.1. The second-order valence-electron chi connectivity index (χ2n) is 22.9. The Morgan fingerprint density at radius 3 is 0.779 bits per heavy atom. The van der Waals surface area contributed by atoms with Crippen LogP contribution in [-0.2, 0) is 0 Å². The van der Waals surface area contributed by atoms with Crippen LogP contribution in [0.25, 0.3) is 33.3 Å². The van der Waals surface area contributed by atoms with Gasteiger partial charge in [-0.3, -0.25) is 0 Å². The maximum absolute atomic E-state index is 6.24. The van der Waals surface area contributed by atoms with Crippen molar-refractivity contribution in [1.82, 2.24) is 7.96 Å². The van der Waals surface area contributed by atoms with Crippen LogP contribution in [0.4, 0.5) is 45.5 Å². The molecule has 0 saturated heterocycles. The predicted molar refractivity (Wildman–Crippen MR) is 362 cm³/mol. The van der Waals surface area contributed by atoms with Gasteiger partial charge in [0.1, 0.15) is 0 Å². The number of anilines is 6. The van der Waals surface area contributed by atoms with E-state index in [1.807, 2.05) is 0 Å². The number of ether oxygens (including phenoxy) is 4. The van der Waals surface area contributed by atoms with Crippen LogP contribution in [0.2, 0.25) is 0 Å². The Hall–Kier alpha value is -6.42. The van der Waals surface area contributed by atoms with E-state index in [2.05, 4.69) is 183 Å². The molecule has 12 heteroatoms. The van der Waals surface area contributed by atoms with Gasteiger partial charge < -0.3 is 18.9 Å². The standard InChI is InChI=1S/C74H92N6O4Se2/c1-5-9-13-17-21-25-53-81-65-45-37-61(38-46-65)79(62-39-47-66(48-40-62)82-54-26-22-18-14-10-6-2)59-33-29-57(30-34-59)69-71-73(77-85-75-71)70(74-72(69)76-86-78-74)58-31-35-60(36-32-58)80(63-41-49-67(50-42-63)83-55-27-23-19-15-11-7-3)64-43-51-68(52-44-64)84-56-28-24-20-16-12-8-4/h29-52H,5-28,53-56H2,1-4H3. The molecule has 0 bridgehead atoms. The minimum absolute atomic E-state index is 0.302. The zero-order valence-corrected chi connectivity index (χ0v) is 55.2. The quantitative estimate of drug-likeness (QED) is 0.0277. The normalized spacial score (nSPS) is 11.7. The molecule has 10 nitrogen and oxygen atoms in total. The number of benzene rings is 7. The number of nitrogens with zero attached hydrogens (tertiary/aromatic N) is 6. The van der Waals surface area contributed by atoms with Crippen LogP contribution in [0.5, 0.6) is 23.0 Å². The van der Waals surface area contributed by atoms with Crippen LogP contribution in [-0.4, -0.2) is 63.9 Å². The van der Waals surface area contributed by atoms with Gasteiger partial charge in [0.25, 0.3) is 0 Å². The summed E-state index contributed by atoms with van der Waals surface area (Å²) < 4.78 is 45.6. The number of hydrogen-bond donors (Lipinski definition) is 0. The summed E-state index contributed by atoms with van der Waals surface area (Å²) in [4.78, 5) is 4.60. The van der Waals surface area contributed by atoms with Crippen LogP contribution in [0.1, 0.15) is 182 Å². The fourth-order valence-electron chi connectivity index (χ4n) is 11.3. The molecule has 0 aliphatic carbocycles. The van der Waals surface area contributed by atoms with E-state index in [9.17, 15) is 0 Å². The fourth-order valence-corrected chi connectivity index (χ4v) is 13.7. The Morgan fingerprint density at radius 2 is 0.523 bits per heavy atom. The van der Waals surface area contributed by atoms with E-state index in [-0.39, 0.29) is 29.5 Å². The first-order chi connectivity index (χ1) is 42.6. The second-order valence-corrected chi connectivity index (χ2v) is 25.1. The van der Waals surface area contributed by atoms with Gasteiger partial charge in [-0.2, -0.15) is 0 Å². The van der Waals surface area contributed by atoms with Crippen molar-refractivity contribution < 1.29 is 18.9 Å². The molecule has 8 aromatic rings. The molecule has 0 N–H and O–H groups in total. The molecule has 7 aromatic carbocycles. The summed E-state index contributed by atoms with van der Waals surface area (Å²) in [5, 5.41) is 0. The van der Waals surface area contributed by atoms with Gasteiger partial charge in [0.2, 0.25) is 0 Å². The summed E-state index contributed by atoms with van der Waals surface area (Å²) >= 11 is -0.604. The first-order valence-electron chi connectivity index (χ1n) is 32.7. The van der Waals surface area contributed by atoms with Crippen LogP contribution in [0.15, 0.2) is 154 Å². The average molecular weight is 1290 g/mol. The maximum atomic E-state index is 6.24. The van der Waals surface area contributed by atoms with Crippen LogP contribution in [0.3, 0.4) is 0 Å². The SMILES string of the molecule is CCCCCCCCOc1ccc(N(c2ccc(OCCCCCCCC)cc2)c2ccc(-c3c4c(c(-c5ccc(N(c6ccc(OCCCCCCCC)cc6)c6ccc(OCCCCCCCC)cc6)cc5)c5n[se]nc35)N=[Se]=N4)cc2)cc1. The van der Waals surface area contributed by atoms with Crippen LogP contribution < -0.4 is 28.7 Å². The van der Waals surface area contributed by atoms with Gasteiger partial charge in [-0.05, 0) is 25.7 Å². The summed E-state index contributed by atoms with van der Waals surface area (Å²) in [6, 6.07) is 51.8. The van der Waals surface area contributed by atoms with E-state index in [1.165, 1.54) is 128 Å². The van der Waals surface area contributed by atoms with Crippen molar-refractivity contribution >= 4 is 86.1 Å². The molecule has 0 radical (unpaired) electrons. The summed E-state index contributed by atoms with van der Waals surface area (Å²) in [5.74, 6) is 3.57. The summed E-state index contributed by atoms with van der Waals surface area (Å²) in [7, 11) is 0. The van der Waals surface area contributed by atoms with E-state index >= 15 is 0 Å². The molecule has 0 atom stereocenters. The predicted octanol–water partition coefficient (Wildman–Crippen LogP) is 22.3. The first-order valence-corrected chi connectivity index (χ1v) is 35.8. The van der Waals surface area contributed by atoms with Crippen molar-refractivity contribution in [1.29, 1.82) is 0 Å². The Balaban J connectivity index is 0.958. The summed E-state index contributed by atoms with van der Waals surface area (Å²) in [6.07, 6.45) is 29.7. The zero-order chi connectivity index (χ0) is 59.4. The molecule has 86 heavy (non-hydrogen) atoms. The van der Waals surface area contributed by atoms with E-state index in [1.54, 1.807) is 0 Å². The third kappa shape index (κ3) is 18.3. The van der Waals surface area contributed by atoms with Crippen molar-refractivity contribution in [2.24, 2.45) is 7.92 Å². The van der Waals surface area contributed by atoms with Gasteiger partial charge in [-0.15, -0.1) is 0 Å². The summed E-state index contributed by atoms with van der Waals surface area (Å²) in [5.41, 5.74) is 13.9. The Kier molecular flexibility index (Phi) is 26.4. The van der Waals surface area contributed by atoms with Crippen molar-refractivity contribution in [3.8, 4) is 45.3 Å². The molecule has 9 rings (SSSR count). The van der Waals surface area contributed by atoms with Crippen LogP contribution >= 0.6 is 0 Å². The Morgan fingerprint density at radius 1 is 0.291 bits per heavy atom. The van der Waals surface area contributed by atoms with E-state index in [4.69, 9.17) is 34.8 Å². The van der Waals surface area contributed by atoms with Crippen molar-refractivity contribution in [3.63, 3.8) is 0 Å². The van der Waals surface area contributed by atoms with Crippen molar-refractivity contribution in [3.05, 3.63) is 146 Å². The molecule has 0 amide bonds. The summed E-state index contributed by atoms with van der Waals surface area (Å²) in [6.45, 7) is 12.0. The molecule has 454 valence electrons. The van der Waals surface area contributed by atoms with Gasteiger partial charge in [0, 0.05) is 0 Å². The van der Waals surface area contributed by atoms with Crippen molar-refractivity contribution in [2.75, 3.05) is 36.2 Å². The number of hydrogen-bond acceptors (Lipinski definition) is 10. The molecular formula is C74H92N6O4Se2. The van der Waals surface area contributed by atoms with E-state index in [0.717, 1.165) is 154 Å². The van der Waals surface area contributed by atoms with Gasteiger partial charge in [0.15, 0.2) is 0 Å². The monoisotopic (exact) mass is 1290 g/mol. The fraction of sp³-hybridized carbons (Fsp3) is 0.432. The third-order valence-corrected chi connectivity index (χ3v) is 18.4. The Bertz CT molecular complexity index is 2970. The molecule has 1 aliphatic heterocycles.